The molecule has 0 radical (unpaired) electrons. The molecule has 6 nitrogen and oxygen atoms in total. The van der Waals surface area contributed by atoms with Gasteiger partial charge in [0.05, 0.1) is 18.4 Å². The second kappa shape index (κ2) is 5.86. The average molecular weight is 265 g/mol. The van der Waals surface area contributed by atoms with E-state index < -0.39 is 0 Å². The van der Waals surface area contributed by atoms with Gasteiger partial charge in [-0.3, -0.25) is 9.48 Å². The maximum Gasteiger partial charge on any atom is 0.341 e. The first-order valence-corrected chi connectivity index (χ1v) is 6.51. The molecule has 0 unspecified atom stereocenters. The van der Waals surface area contributed by atoms with Gasteiger partial charge in [-0.15, -0.1) is 0 Å². The van der Waals surface area contributed by atoms with Gasteiger partial charge < -0.3 is 10.1 Å². The van der Waals surface area contributed by atoms with Crippen LogP contribution in [0.5, 0.6) is 0 Å². The van der Waals surface area contributed by atoms with Gasteiger partial charge in [-0.1, -0.05) is 13.8 Å². The largest absolute Gasteiger partial charge is 0.462 e. The summed E-state index contributed by atoms with van der Waals surface area (Å²) in [7, 11) is 0. The summed E-state index contributed by atoms with van der Waals surface area (Å²) < 4.78 is 6.93. The van der Waals surface area contributed by atoms with Crippen LogP contribution in [0.2, 0.25) is 0 Å². The fraction of sp³-hybridized carbons (Fsp3) is 0.615. The first kappa shape index (κ1) is 13.6. The Morgan fingerprint density at radius 1 is 1.63 bits per heavy atom. The normalized spacial score (nSPS) is 18.7. The van der Waals surface area contributed by atoms with Crippen LogP contribution in [0.3, 0.4) is 0 Å². The van der Waals surface area contributed by atoms with Gasteiger partial charge in [0.1, 0.15) is 0 Å². The molecule has 1 aromatic heterocycles. The number of aromatic nitrogens is 2. The quantitative estimate of drug-likeness (QED) is 0.800. The van der Waals surface area contributed by atoms with Crippen molar-refractivity contribution in [2.75, 3.05) is 13.2 Å². The van der Waals surface area contributed by atoms with Crippen LogP contribution in [-0.2, 0) is 16.1 Å². The summed E-state index contributed by atoms with van der Waals surface area (Å²) in [5.74, 6) is 0.196. The second-order valence-electron chi connectivity index (χ2n) is 5.32. The molecule has 1 amide bonds. The van der Waals surface area contributed by atoms with Crippen LogP contribution in [0.25, 0.3) is 0 Å². The summed E-state index contributed by atoms with van der Waals surface area (Å²) in [6, 6.07) is 0. The van der Waals surface area contributed by atoms with Crippen molar-refractivity contribution in [3.05, 3.63) is 18.0 Å². The van der Waals surface area contributed by atoms with Crippen LogP contribution in [0.4, 0.5) is 0 Å². The number of hydrogen-bond donors (Lipinski definition) is 1. The molecular formula is C13H19N3O3. The predicted molar refractivity (Wildman–Crippen MR) is 68.5 cm³/mol. The highest BCUT2D eigenvalue weighted by molar-refractivity contribution is 5.88. The summed E-state index contributed by atoms with van der Waals surface area (Å²) in [5.41, 5.74) is 0.456. The molecule has 104 valence electrons. The monoisotopic (exact) mass is 265 g/mol. The Hall–Kier alpha value is -1.85. The summed E-state index contributed by atoms with van der Waals surface area (Å²) >= 11 is 0. The molecule has 1 atom stereocenters. The zero-order valence-corrected chi connectivity index (χ0v) is 11.3. The SMILES string of the molecule is CC(C)Cn1cc(C(=O)OC[C@@H]2CNC(=O)C2)cn1. The number of nitrogens with zero attached hydrogens (tertiary/aromatic N) is 2. The van der Waals surface area contributed by atoms with Crippen LogP contribution in [0.1, 0.15) is 30.6 Å². The molecule has 2 heterocycles. The fourth-order valence-corrected chi connectivity index (χ4v) is 2.00. The van der Waals surface area contributed by atoms with Crippen molar-refractivity contribution in [2.45, 2.75) is 26.8 Å². The number of amides is 1. The van der Waals surface area contributed by atoms with Crippen molar-refractivity contribution in [1.82, 2.24) is 15.1 Å². The molecule has 1 N–H and O–H groups in total. The summed E-state index contributed by atoms with van der Waals surface area (Å²) in [5, 5.41) is 6.83. The van der Waals surface area contributed by atoms with Crippen LogP contribution >= 0.6 is 0 Å². The second-order valence-corrected chi connectivity index (χ2v) is 5.32. The molecule has 0 saturated carbocycles. The van der Waals surface area contributed by atoms with E-state index in [4.69, 9.17) is 4.74 Å². The number of esters is 1. The van der Waals surface area contributed by atoms with Crippen LogP contribution in [0, 0.1) is 11.8 Å². The third-order valence-corrected chi connectivity index (χ3v) is 2.93. The van der Waals surface area contributed by atoms with Gasteiger partial charge in [0, 0.05) is 31.6 Å². The summed E-state index contributed by atoms with van der Waals surface area (Å²) in [6.45, 7) is 5.80. The van der Waals surface area contributed by atoms with E-state index in [2.05, 4.69) is 24.3 Å². The van der Waals surface area contributed by atoms with E-state index in [0.29, 0.717) is 24.4 Å². The Balaban J connectivity index is 1.82. The number of ether oxygens (including phenoxy) is 1. The smallest absolute Gasteiger partial charge is 0.341 e. The molecule has 0 spiro atoms. The topological polar surface area (TPSA) is 73.2 Å². The molecule has 1 fully saturated rings. The van der Waals surface area contributed by atoms with Gasteiger partial charge in [-0.2, -0.15) is 5.10 Å². The van der Waals surface area contributed by atoms with Gasteiger partial charge >= 0.3 is 5.97 Å². The number of carbonyl (C=O) groups is 2. The lowest BCUT2D eigenvalue weighted by molar-refractivity contribution is -0.119. The predicted octanol–water partition coefficient (Wildman–Crippen LogP) is 0.832. The van der Waals surface area contributed by atoms with Crippen molar-refractivity contribution in [3.8, 4) is 0 Å². The molecule has 19 heavy (non-hydrogen) atoms. The molecule has 6 heteroatoms. The van der Waals surface area contributed by atoms with Crippen molar-refractivity contribution in [3.63, 3.8) is 0 Å². The van der Waals surface area contributed by atoms with Crippen molar-refractivity contribution < 1.29 is 14.3 Å². The Morgan fingerprint density at radius 2 is 2.42 bits per heavy atom. The molecule has 0 bridgehead atoms. The molecule has 1 aromatic rings. The first-order chi connectivity index (χ1) is 9.04. The molecule has 1 saturated heterocycles. The van der Waals surface area contributed by atoms with E-state index in [9.17, 15) is 9.59 Å². The zero-order chi connectivity index (χ0) is 13.8. The number of nitrogens with one attached hydrogen (secondary N) is 1. The highest BCUT2D eigenvalue weighted by Crippen LogP contribution is 2.11. The fourth-order valence-electron chi connectivity index (χ4n) is 2.00. The van der Waals surface area contributed by atoms with E-state index in [1.165, 1.54) is 6.20 Å². The van der Waals surface area contributed by atoms with Gasteiger partial charge in [0.25, 0.3) is 0 Å². The molecular weight excluding hydrogens is 246 g/mol. The van der Waals surface area contributed by atoms with Gasteiger partial charge in [0.15, 0.2) is 0 Å². The minimum absolute atomic E-state index is 0.0193. The van der Waals surface area contributed by atoms with E-state index in [0.717, 1.165) is 6.54 Å². The molecule has 2 rings (SSSR count). The Labute approximate surface area is 112 Å². The lowest BCUT2D eigenvalue weighted by Gasteiger charge is -2.07. The average Bonchev–Trinajstić information content (AvgIpc) is 2.95. The minimum atomic E-state index is -0.380. The van der Waals surface area contributed by atoms with E-state index >= 15 is 0 Å². The third kappa shape index (κ3) is 3.81. The Bertz CT molecular complexity index is 467. The van der Waals surface area contributed by atoms with Crippen molar-refractivity contribution in [1.29, 1.82) is 0 Å². The molecule has 0 aromatic carbocycles. The zero-order valence-electron chi connectivity index (χ0n) is 11.3. The number of hydrogen-bond acceptors (Lipinski definition) is 4. The summed E-state index contributed by atoms with van der Waals surface area (Å²) in [4.78, 5) is 22.8. The molecule has 0 aliphatic carbocycles. The van der Waals surface area contributed by atoms with Crippen LogP contribution in [0.15, 0.2) is 12.4 Å². The van der Waals surface area contributed by atoms with Crippen molar-refractivity contribution in [2.24, 2.45) is 11.8 Å². The van der Waals surface area contributed by atoms with E-state index in [1.54, 1.807) is 10.9 Å². The first-order valence-electron chi connectivity index (χ1n) is 6.51. The van der Waals surface area contributed by atoms with Crippen molar-refractivity contribution >= 4 is 11.9 Å². The van der Waals surface area contributed by atoms with E-state index in [1.807, 2.05) is 0 Å². The van der Waals surface area contributed by atoms with Gasteiger partial charge in [0.2, 0.25) is 5.91 Å². The van der Waals surface area contributed by atoms with E-state index in [-0.39, 0.29) is 24.4 Å². The minimum Gasteiger partial charge on any atom is -0.462 e. The number of carbonyl (C=O) groups excluding carboxylic acids is 2. The standard InChI is InChI=1S/C13H19N3O3/c1-9(2)6-16-7-11(5-15-16)13(18)19-8-10-3-12(17)14-4-10/h5,7,9-10H,3-4,6,8H2,1-2H3,(H,14,17)/t10-/m0/s1. The maximum atomic E-state index is 11.8. The van der Waals surface area contributed by atoms with Gasteiger partial charge in [-0.25, -0.2) is 4.79 Å². The highest BCUT2D eigenvalue weighted by Gasteiger charge is 2.23. The van der Waals surface area contributed by atoms with Crippen LogP contribution in [-0.4, -0.2) is 34.8 Å². The maximum absolute atomic E-state index is 11.8. The lowest BCUT2D eigenvalue weighted by Crippen LogP contribution is -2.17. The highest BCUT2D eigenvalue weighted by atomic mass is 16.5. The Morgan fingerprint density at radius 3 is 3.05 bits per heavy atom. The Kier molecular flexibility index (Phi) is 4.19. The molecule has 1 aliphatic rings. The molecule has 1 aliphatic heterocycles. The number of rotatable bonds is 5. The third-order valence-electron chi connectivity index (χ3n) is 2.93. The van der Waals surface area contributed by atoms with Crippen LogP contribution < -0.4 is 5.32 Å². The summed E-state index contributed by atoms with van der Waals surface area (Å²) in [6.07, 6.45) is 3.64. The lowest BCUT2D eigenvalue weighted by atomic mass is 10.1. The van der Waals surface area contributed by atoms with Gasteiger partial charge in [-0.05, 0) is 5.92 Å².